The van der Waals surface area contributed by atoms with Gasteiger partial charge in [-0.2, -0.15) is 0 Å². The maximum atomic E-state index is 13.7. The summed E-state index contributed by atoms with van der Waals surface area (Å²) in [7, 11) is 0. The normalized spacial score (nSPS) is 23.8. The predicted octanol–water partition coefficient (Wildman–Crippen LogP) is 3.04. The third-order valence-corrected chi connectivity index (χ3v) is 4.21. The van der Waals surface area contributed by atoms with Crippen LogP contribution in [-0.4, -0.2) is 29.1 Å². The van der Waals surface area contributed by atoms with Gasteiger partial charge in [-0.1, -0.05) is 19.1 Å². The highest BCUT2D eigenvalue weighted by Crippen LogP contribution is 2.34. The number of likely N-dealkylation sites (tertiary alicyclic amines) is 1. The minimum absolute atomic E-state index is 0.249. The molecule has 1 heterocycles. The summed E-state index contributed by atoms with van der Waals surface area (Å²) in [6, 6.07) is 4.10. The number of hydrogen-bond acceptors (Lipinski definition) is 2. The first-order chi connectivity index (χ1) is 9.48. The number of carboxylic acid groups (broad SMARTS) is 1. The highest BCUT2D eigenvalue weighted by molar-refractivity contribution is 5.75. The molecule has 2 rings (SSSR count). The van der Waals surface area contributed by atoms with Crippen molar-refractivity contribution in [3.8, 4) is 0 Å². The Bertz CT molecular complexity index is 507. The van der Waals surface area contributed by atoms with E-state index in [1.165, 1.54) is 6.07 Å². The van der Waals surface area contributed by atoms with E-state index in [-0.39, 0.29) is 12.1 Å². The van der Waals surface area contributed by atoms with Gasteiger partial charge in [0.1, 0.15) is 0 Å². The molecule has 0 spiro atoms. The SMILES string of the molecule is CCC1(C(=O)O)CCCN(Cc2cccc(F)c2F)C1. The molecule has 1 atom stereocenters. The number of rotatable bonds is 4. The van der Waals surface area contributed by atoms with Crippen molar-refractivity contribution in [2.45, 2.75) is 32.7 Å². The summed E-state index contributed by atoms with van der Waals surface area (Å²) in [5, 5.41) is 9.41. The van der Waals surface area contributed by atoms with Crippen molar-refractivity contribution in [2.24, 2.45) is 5.41 Å². The minimum Gasteiger partial charge on any atom is -0.481 e. The maximum Gasteiger partial charge on any atom is 0.310 e. The molecule has 0 bridgehead atoms. The molecule has 0 aromatic heterocycles. The van der Waals surface area contributed by atoms with Crippen LogP contribution in [0.5, 0.6) is 0 Å². The van der Waals surface area contributed by atoms with Crippen LogP contribution in [0.25, 0.3) is 0 Å². The Morgan fingerprint density at radius 2 is 2.20 bits per heavy atom. The van der Waals surface area contributed by atoms with Crippen molar-refractivity contribution in [1.82, 2.24) is 4.90 Å². The van der Waals surface area contributed by atoms with Crippen molar-refractivity contribution >= 4 is 5.97 Å². The molecule has 20 heavy (non-hydrogen) atoms. The molecule has 0 amide bonds. The summed E-state index contributed by atoms with van der Waals surface area (Å²) in [6.45, 7) is 3.21. The van der Waals surface area contributed by atoms with Crippen LogP contribution in [0.4, 0.5) is 8.78 Å². The van der Waals surface area contributed by atoms with E-state index in [1.807, 2.05) is 11.8 Å². The van der Waals surface area contributed by atoms with Gasteiger partial charge in [0.15, 0.2) is 11.6 Å². The fourth-order valence-corrected chi connectivity index (χ4v) is 2.89. The molecule has 1 fully saturated rings. The van der Waals surface area contributed by atoms with Gasteiger partial charge < -0.3 is 5.11 Å². The van der Waals surface area contributed by atoms with E-state index < -0.39 is 23.0 Å². The van der Waals surface area contributed by atoms with Gasteiger partial charge in [-0.25, -0.2) is 8.78 Å². The highest BCUT2D eigenvalue weighted by Gasteiger charge is 2.40. The lowest BCUT2D eigenvalue weighted by Gasteiger charge is -2.39. The molecule has 0 aliphatic carbocycles. The summed E-state index contributed by atoms with van der Waals surface area (Å²) in [6.07, 6.45) is 1.95. The van der Waals surface area contributed by atoms with Gasteiger partial charge in [0.05, 0.1) is 5.41 Å². The van der Waals surface area contributed by atoms with E-state index in [9.17, 15) is 18.7 Å². The molecule has 3 nitrogen and oxygen atoms in total. The number of piperidine rings is 1. The molecule has 110 valence electrons. The van der Waals surface area contributed by atoms with Crippen molar-refractivity contribution < 1.29 is 18.7 Å². The molecule has 1 unspecified atom stereocenters. The summed E-state index contributed by atoms with van der Waals surface area (Å²) < 4.78 is 26.9. The van der Waals surface area contributed by atoms with Crippen LogP contribution in [-0.2, 0) is 11.3 Å². The van der Waals surface area contributed by atoms with Crippen LogP contribution < -0.4 is 0 Å². The zero-order valence-corrected chi connectivity index (χ0v) is 11.5. The molecule has 0 saturated carbocycles. The Hall–Kier alpha value is -1.49. The van der Waals surface area contributed by atoms with Crippen LogP contribution in [0.2, 0.25) is 0 Å². The van der Waals surface area contributed by atoms with Gasteiger partial charge in [-0.3, -0.25) is 9.69 Å². The third kappa shape index (κ3) is 2.82. The fourth-order valence-electron chi connectivity index (χ4n) is 2.89. The number of nitrogens with zero attached hydrogens (tertiary/aromatic N) is 1. The standard InChI is InChI=1S/C15H19F2NO2/c1-2-15(14(19)20)7-4-8-18(10-15)9-11-5-3-6-12(16)13(11)17/h3,5-6H,2,4,7-10H2,1H3,(H,19,20). The first kappa shape index (κ1) is 14.9. The highest BCUT2D eigenvalue weighted by atomic mass is 19.2. The smallest absolute Gasteiger partial charge is 0.310 e. The molecule has 1 aliphatic heterocycles. The second kappa shape index (κ2) is 5.87. The van der Waals surface area contributed by atoms with E-state index in [1.54, 1.807) is 6.07 Å². The van der Waals surface area contributed by atoms with Gasteiger partial charge in [-0.15, -0.1) is 0 Å². The maximum absolute atomic E-state index is 13.7. The van der Waals surface area contributed by atoms with E-state index in [0.717, 1.165) is 12.5 Å². The first-order valence-electron chi connectivity index (χ1n) is 6.87. The summed E-state index contributed by atoms with van der Waals surface area (Å²) in [4.78, 5) is 13.4. The number of carboxylic acids is 1. The van der Waals surface area contributed by atoms with Crippen molar-refractivity contribution in [2.75, 3.05) is 13.1 Å². The molecule has 1 aliphatic rings. The van der Waals surface area contributed by atoms with Crippen molar-refractivity contribution in [1.29, 1.82) is 0 Å². The Morgan fingerprint density at radius 3 is 2.85 bits per heavy atom. The molecule has 1 aromatic carbocycles. The van der Waals surface area contributed by atoms with E-state index >= 15 is 0 Å². The average molecular weight is 283 g/mol. The number of halogens is 2. The molecular weight excluding hydrogens is 264 g/mol. The Kier molecular flexibility index (Phi) is 4.38. The monoisotopic (exact) mass is 283 g/mol. The van der Waals surface area contributed by atoms with Crippen LogP contribution in [0.1, 0.15) is 31.7 Å². The zero-order chi connectivity index (χ0) is 14.8. The lowest BCUT2D eigenvalue weighted by atomic mass is 9.77. The molecule has 1 aromatic rings. The topological polar surface area (TPSA) is 40.5 Å². The average Bonchev–Trinajstić information content (AvgIpc) is 2.44. The van der Waals surface area contributed by atoms with Gasteiger partial charge in [0, 0.05) is 18.7 Å². The number of carbonyl (C=O) groups is 1. The Labute approximate surface area is 117 Å². The van der Waals surface area contributed by atoms with E-state index in [2.05, 4.69) is 0 Å². The van der Waals surface area contributed by atoms with Gasteiger partial charge in [0.25, 0.3) is 0 Å². The number of hydrogen-bond donors (Lipinski definition) is 1. The van der Waals surface area contributed by atoms with Crippen molar-refractivity contribution in [3.63, 3.8) is 0 Å². The van der Waals surface area contributed by atoms with Gasteiger partial charge >= 0.3 is 5.97 Å². The number of aliphatic carboxylic acids is 1. The summed E-state index contributed by atoms with van der Waals surface area (Å²) in [5.41, 5.74) is -0.482. The van der Waals surface area contributed by atoms with Crippen LogP contribution in [0, 0.1) is 17.0 Å². The summed E-state index contributed by atoms with van der Waals surface area (Å²) >= 11 is 0. The minimum atomic E-state index is -0.862. The quantitative estimate of drug-likeness (QED) is 0.923. The Morgan fingerprint density at radius 1 is 1.45 bits per heavy atom. The van der Waals surface area contributed by atoms with Gasteiger partial charge in [0.2, 0.25) is 0 Å². The molecule has 5 heteroatoms. The van der Waals surface area contributed by atoms with Gasteiger partial charge in [-0.05, 0) is 31.9 Å². The number of benzene rings is 1. The van der Waals surface area contributed by atoms with E-state index in [0.29, 0.717) is 25.9 Å². The lowest BCUT2D eigenvalue weighted by molar-refractivity contribution is -0.153. The largest absolute Gasteiger partial charge is 0.481 e. The third-order valence-electron chi connectivity index (χ3n) is 4.21. The molecule has 1 N–H and O–H groups in total. The second-order valence-corrected chi connectivity index (χ2v) is 5.47. The predicted molar refractivity (Wildman–Crippen MR) is 71.2 cm³/mol. The van der Waals surface area contributed by atoms with Crippen LogP contribution >= 0.6 is 0 Å². The lowest BCUT2D eigenvalue weighted by Crippen LogP contribution is -2.47. The Balaban J connectivity index is 2.14. The van der Waals surface area contributed by atoms with E-state index in [4.69, 9.17) is 0 Å². The van der Waals surface area contributed by atoms with Crippen LogP contribution in [0.3, 0.4) is 0 Å². The van der Waals surface area contributed by atoms with Crippen molar-refractivity contribution in [3.05, 3.63) is 35.4 Å². The molecular formula is C15H19F2NO2. The fraction of sp³-hybridized carbons (Fsp3) is 0.533. The second-order valence-electron chi connectivity index (χ2n) is 5.47. The molecule has 0 radical (unpaired) electrons. The summed E-state index contributed by atoms with van der Waals surface area (Å²) in [5.74, 6) is -2.50. The molecule has 1 saturated heterocycles. The van der Waals surface area contributed by atoms with Crippen LogP contribution in [0.15, 0.2) is 18.2 Å². The zero-order valence-electron chi connectivity index (χ0n) is 11.5. The first-order valence-corrected chi connectivity index (χ1v) is 6.87.